The maximum Gasteiger partial charge on any atom is 0.230 e. The van der Waals surface area contributed by atoms with E-state index in [0.29, 0.717) is 26.8 Å². The van der Waals surface area contributed by atoms with E-state index in [2.05, 4.69) is 15.5 Å². The summed E-state index contributed by atoms with van der Waals surface area (Å²) in [6.07, 6.45) is 1.52. The molecule has 0 saturated carbocycles. The van der Waals surface area contributed by atoms with Gasteiger partial charge < -0.3 is 15.6 Å². The zero-order valence-corrected chi connectivity index (χ0v) is 16.0. The van der Waals surface area contributed by atoms with Gasteiger partial charge in [0.25, 0.3) is 0 Å². The largest absolute Gasteiger partial charge is 0.461 e. The van der Waals surface area contributed by atoms with Crippen molar-refractivity contribution < 1.29 is 9.21 Å². The number of hydrogen-bond acceptors (Lipinski definition) is 6. The van der Waals surface area contributed by atoms with Crippen molar-refractivity contribution in [2.24, 2.45) is 0 Å². The van der Waals surface area contributed by atoms with Gasteiger partial charge in [-0.3, -0.25) is 4.79 Å². The van der Waals surface area contributed by atoms with Crippen molar-refractivity contribution in [2.45, 2.75) is 18.1 Å². The molecule has 0 aliphatic carbocycles. The van der Waals surface area contributed by atoms with Crippen molar-refractivity contribution >= 4 is 40.9 Å². The van der Waals surface area contributed by atoms with E-state index in [1.54, 1.807) is 24.3 Å². The van der Waals surface area contributed by atoms with Crippen LogP contribution in [0.2, 0.25) is 10.0 Å². The third-order valence-electron chi connectivity index (χ3n) is 3.56. The minimum absolute atomic E-state index is 0.138. The number of rotatable bonds is 6. The van der Waals surface area contributed by atoms with Gasteiger partial charge in [-0.05, 0) is 36.8 Å². The number of nitrogens with two attached hydrogens (primary N) is 1. The van der Waals surface area contributed by atoms with Gasteiger partial charge in [0, 0.05) is 0 Å². The van der Waals surface area contributed by atoms with Gasteiger partial charge in [0.05, 0.1) is 28.1 Å². The van der Waals surface area contributed by atoms with Gasteiger partial charge in [-0.15, -0.1) is 10.2 Å². The highest BCUT2D eigenvalue weighted by Crippen LogP contribution is 2.26. The number of nitrogens with one attached hydrogen (secondary N) is 1. The number of thioether (sulfide) groups is 1. The van der Waals surface area contributed by atoms with Crippen LogP contribution in [-0.2, 0) is 4.79 Å². The van der Waals surface area contributed by atoms with Crippen molar-refractivity contribution in [3.63, 3.8) is 0 Å². The normalized spacial score (nSPS) is 12.1. The van der Waals surface area contributed by atoms with Crippen LogP contribution in [0.1, 0.15) is 18.5 Å². The van der Waals surface area contributed by atoms with Crippen LogP contribution in [0.4, 0.5) is 0 Å². The van der Waals surface area contributed by atoms with Crippen LogP contribution in [0, 0.1) is 0 Å². The van der Waals surface area contributed by atoms with Crippen LogP contribution in [0.3, 0.4) is 0 Å². The van der Waals surface area contributed by atoms with Gasteiger partial charge in [0.1, 0.15) is 0 Å². The molecule has 10 heteroatoms. The van der Waals surface area contributed by atoms with Crippen LogP contribution in [0.5, 0.6) is 0 Å². The molecule has 0 spiro atoms. The monoisotopic (exact) mass is 411 g/mol. The Morgan fingerprint density at radius 3 is 2.85 bits per heavy atom. The van der Waals surface area contributed by atoms with Gasteiger partial charge in [0.2, 0.25) is 16.9 Å². The molecule has 1 unspecified atom stereocenters. The van der Waals surface area contributed by atoms with E-state index in [4.69, 9.17) is 33.5 Å². The topological polar surface area (TPSA) is 99.0 Å². The predicted octanol–water partition coefficient (Wildman–Crippen LogP) is 3.53. The Hall–Kier alpha value is -2.16. The number of amides is 1. The predicted molar refractivity (Wildman–Crippen MR) is 102 cm³/mol. The Morgan fingerprint density at radius 1 is 1.35 bits per heavy atom. The average Bonchev–Trinajstić information content (AvgIpc) is 3.25. The summed E-state index contributed by atoms with van der Waals surface area (Å²) in [6.45, 7) is 1.86. The first-order valence-electron chi connectivity index (χ1n) is 7.57. The fourth-order valence-electron chi connectivity index (χ4n) is 2.23. The highest BCUT2D eigenvalue weighted by molar-refractivity contribution is 7.99. The van der Waals surface area contributed by atoms with Gasteiger partial charge in [-0.2, -0.15) is 0 Å². The van der Waals surface area contributed by atoms with Crippen molar-refractivity contribution in [3.05, 3.63) is 52.2 Å². The van der Waals surface area contributed by atoms with Crippen LogP contribution in [0.15, 0.2) is 46.2 Å². The Morgan fingerprint density at radius 2 is 2.15 bits per heavy atom. The Kier molecular flexibility index (Phi) is 5.75. The first-order chi connectivity index (χ1) is 12.5. The van der Waals surface area contributed by atoms with Gasteiger partial charge in [-0.1, -0.05) is 41.0 Å². The molecule has 2 aromatic heterocycles. The van der Waals surface area contributed by atoms with Crippen LogP contribution >= 0.6 is 35.0 Å². The second kappa shape index (κ2) is 8.03. The number of nitrogen functional groups attached to an aromatic ring is 1. The molecule has 1 amide bonds. The van der Waals surface area contributed by atoms with E-state index >= 15 is 0 Å². The number of carbonyl (C=O) groups is 1. The molecule has 26 heavy (non-hydrogen) atoms. The molecule has 2 heterocycles. The van der Waals surface area contributed by atoms with Gasteiger partial charge >= 0.3 is 0 Å². The zero-order valence-electron chi connectivity index (χ0n) is 13.6. The first kappa shape index (κ1) is 18.6. The van der Waals surface area contributed by atoms with Crippen molar-refractivity contribution in [3.8, 4) is 11.6 Å². The Bertz CT molecular complexity index is 914. The quantitative estimate of drug-likeness (QED) is 0.475. The number of nitrogens with zero attached hydrogens (tertiary/aromatic N) is 3. The molecular weight excluding hydrogens is 397 g/mol. The fourth-order valence-corrected chi connectivity index (χ4v) is 3.20. The molecule has 3 aromatic rings. The third kappa shape index (κ3) is 4.14. The lowest BCUT2D eigenvalue weighted by molar-refractivity contribution is -0.119. The van der Waals surface area contributed by atoms with Crippen molar-refractivity contribution in [1.82, 2.24) is 20.2 Å². The van der Waals surface area contributed by atoms with Crippen LogP contribution in [-0.4, -0.2) is 26.5 Å². The molecule has 0 saturated heterocycles. The maximum absolute atomic E-state index is 12.2. The molecule has 1 atom stereocenters. The molecular formula is C16H15Cl2N5O2S. The minimum Gasteiger partial charge on any atom is -0.461 e. The van der Waals surface area contributed by atoms with E-state index in [-0.39, 0.29) is 17.7 Å². The summed E-state index contributed by atoms with van der Waals surface area (Å²) in [5.74, 6) is 6.82. The Labute approximate surface area is 163 Å². The van der Waals surface area contributed by atoms with E-state index in [0.717, 1.165) is 5.56 Å². The van der Waals surface area contributed by atoms with Gasteiger partial charge in [0.15, 0.2) is 5.76 Å². The standard InChI is InChI=1S/C16H15Cl2N5O2S/c1-9(10-4-5-11(17)12(18)7-10)20-14(24)8-26-16-22-21-15(23(16)19)13-3-2-6-25-13/h2-7,9H,8,19H2,1H3,(H,20,24). The summed E-state index contributed by atoms with van der Waals surface area (Å²) in [5, 5.41) is 12.2. The SMILES string of the molecule is CC(NC(=O)CSc1nnc(-c2ccco2)n1N)c1ccc(Cl)c(Cl)c1. The molecule has 136 valence electrons. The number of halogens is 2. The van der Waals surface area contributed by atoms with E-state index in [1.807, 2.05) is 13.0 Å². The van der Waals surface area contributed by atoms with Crippen molar-refractivity contribution in [2.75, 3.05) is 11.6 Å². The molecule has 7 nitrogen and oxygen atoms in total. The lowest BCUT2D eigenvalue weighted by Crippen LogP contribution is -2.28. The number of hydrogen-bond donors (Lipinski definition) is 2. The molecule has 0 aliphatic rings. The van der Waals surface area contributed by atoms with Crippen LogP contribution in [0.25, 0.3) is 11.6 Å². The highest BCUT2D eigenvalue weighted by atomic mass is 35.5. The number of benzene rings is 1. The molecule has 0 aliphatic heterocycles. The lowest BCUT2D eigenvalue weighted by atomic mass is 10.1. The number of aromatic nitrogens is 3. The summed E-state index contributed by atoms with van der Waals surface area (Å²) >= 11 is 13.1. The number of carbonyl (C=O) groups excluding carboxylic acids is 1. The van der Waals surface area contributed by atoms with Crippen molar-refractivity contribution in [1.29, 1.82) is 0 Å². The summed E-state index contributed by atoms with van der Waals surface area (Å²) in [6, 6.07) is 8.49. The molecule has 0 radical (unpaired) electrons. The van der Waals surface area contributed by atoms with Crippen LogP contribution < -0.4 is 11.2 Å². The maximum atomic E-state index is 12.2. The van der Waals surface area contributed by atoms with E-state index in [1.165, 1.54) is 22.7 Å². The first-order valence-corrected chi connectivity index (χ1v) is 9.31. The Balaban J connectivity index is 1.58. The second-order valence-corrected chi connectivity index (χ2v) is 7.16. The smallest absolute Gasteiger partial charge is 0.230 e. The van der Waals surface area contributed by atoms with E-state index < -0.39 is 0 Å². The molecule has 3 rings (SSSR count). The summed E-state index contributed by atoms with van der Waals surface area (Å²) in [5.41, 5.74) is 0.861. The fraction of sp³-hybridized carbons (Fsp3) is 0.188. The van der Waals surface area contributed by atoms with E-state index in [9.17, 15) is 4.79 Å². The molecule has 3 N–H and O–H groups in total. The molecule has 0 fully saturated rings. The number of furan rings is 1. The zero-order chi connectivity index (χ0) is 18.7. The average molecular weight is 412 g/mol. The lowest BCUT2D eigenvalue weighted by Gasteiger charge is -2.14. The summed E-state index contributed by atoms with van der Waals surface area (Å²) in [7, 11) is 0. The molecule has 1 aromatic carbocycles. The highest BCUT2D eigenvalue weighted by Gasteiger charge is 2.16. The second-order valence-electron chi connectivity index (χ2n) is 5.40. The summed E-state index contributed by atoms with van der Waals surface area (Å²) in [4.78, 5) is 12.2. The summed E-state index contributed by atoms with van der Waals surface area (Å²) < 4.78 is 6.54. The van der Waals surface area contributed by atoms with Gasteiger partial charge in [-0.25, -0.2) is 4.68 Å². The minimum atomic E-state index is -0.215. The molecule has 0 bridgehead atoms. The third-order valence-corrected chi connectivity index (χ3v) is 5.24.